The average Bonchev–Trinajstić information content (AvgIpc) is 2.31. The molecule has 4 nitrogen and oxygen atoms in total. The van der Waals surface area contributed by atoms with E-state index in [1.54, 1.807) is 32.0 Å². The largest absolute Gasteiger partial charge is 0.481 e. The van der Waals surface area contributed by atoms with Crippen molar-refractivity contribution in [3.05, 3.63) is 33.3 Å². The number of carbonyl (C=O) groups excluding carboxylic acids is 1. The Labute approximate surface area is 125 Å². The van der Waals surface area contributed by atoms with E-state index >= 15 is 0 Å². The topological polar surface area (TPSA) is 66.4 Å². The molecule has 1 unspecified atom stereocenters. The van der Waals surface area contributed by atoms with E-state index in [1.165, 1.54) is 0 Å². The van der Waals surface area contributed by atoms with Crippen molar-refractivity contribution in [1.82, 2.24) is 5.32 Å². The second-order valence-corrected chi connectivity index (χ2v) is 5.73. The number of carboxylic acids is 1. The molecule has 1 atom stereocenters. The van der Waals surface area contributed by atoms with Gasteiger partial charge in [-0.3, -0.25) is 9.59 Å². The Kier molecular flexibility index (Phi) is 5.82. The Morgan fingerprint density at radius 2 is 2.05 bits per heavy atom. The summed E-state index contributed by atoms with van der Waals surface area (Å²) in [5, 5.41) is 12.0. The fourth-order valence-electron chi connectivity index (χ4n) is 1.59. The number of carbonyl (C=O) groups is 2. The van der Waals surface area contributed by atoms with Crippen LogP contribution in [0.2, 0.25) is 5.02 Å². The molecule has 0 aromatic heterocycles. The summed E-state index contributed by atoms with van der Waals surface area (Å²) in [7, 11) is 0. The van der Waals surface area contributed by atoms with E-state index in [0.29, 0.717) is 15.1 Å². The first kappa shape index (κ1) is 16.0. The highest BCUT2D eigenvalue weighted by atomic mass is 79.9. The summed E-state index contributed by atoms with van der Waals surface area (Å²) in [5.74, 6) is -1.97. The molecule has 6 heteroatoms. The maximum atomic E-state index is 12.0. The second-order valence-electron chi connectivity index (χ2n) is 4.50. The van der Waals surface area contributed by atoms with Gasteiger partial charge in [-0.2, -0.15) is 0 Å². The summed E-state index contributed by atoms with van der Waals surface area (Å²) in [6.07, 6.45) is 0. The Balaban J connectivity index is 2.75. The molecule has 0 aliphatic carbocycles. The summed E-state index contributed by atoms with van der Waals surface area (Å²) >= 11 is 9.24. The third-order valence-electron chi connectivity index (χ3n) is 2.80. The lowest BCUT2D eigenvalue weighted by Crippen LogP contribution is -2.35. The van der Waals surface area contributed by atoms with Crippen LogP contribution in [0.5, 0.6) is 0 Å². The van der Waals surface area contributed by atoms with Crippen molar-refractivity contribution in [2.24, 2.45) is 11.8 Å². The number of aliphatic carboxylic acids is 1. The van der Waals surface area contributed by atoms with Crippen LogP contribution in [-0.2, 0) is 4.79 Å². The molecule has 0 saturated carbocycles. The minimum absolute atomic E-state index is 0.0595. The Bertz CT molecular complexity index is 491. The van der Waals surface area contributed by atoms with E-state index in [0.717, 1.165) is 0 Å². The fraction of sp³-hybridized carbons (Fsp3) is 0.385. The van der Waals surface area contributed by atoms with Crippen molar-refractivity contribution in [2.45, 2.75) is 13.8 Å². The number of hydrogen-bond acceptors (Lipinski definition) is 2. The third-order valence-corrected chi connectivity index (χ3v) is 4.10. The van der Waals surface area contributed by atoms with Gasteiger partial charge >= 0.3 is 5.97 Å². The summed E-state index contributed by atoms with van der Waals surface area (Å²) in [6.45, 7) is 3.68. The highest BCUT2D eigenvalue weighted by molar-refractivity contribution is 9.10. The van der Waals surface area contributed by atoms with E-state index < -0.39 is 11.9 Å². The molecule has 1 aromatic carbocycles. The maximum absolute atomic E-state index is 12.0. The molecule has 0 aliphatic heterocycles. The van der Waals surface area contributed by atoms with Crippen LogP contribution in [0.4, 0.5) is 0 Å². The molecular formula is C13H15BrClNO3. The zero-order valence-corrected chi connectivity index (χ0v) is 13.0. The lowest BCUT2D eigenvalue weighted by Gasteiger charge is -2.17. The minimum Gasteiger partial charge on any atom is -0.481 e. The zero-order valence-electron chi connectivity index (χ0n) is 10.6. The Morgan fingerprint density at radius 3 is 2.58 bits per heavy atom. The van der Waals surface area contributed by atoms with E-state index in [9.17, 15) is 9.59 Å². The Morgan fingerprint density at radius 1 is 1.42 bits per heavy atom. The van der Waals surface area contributed by atoms with Gasteiger partial charge in [-0.05, 0) is 34.0 Å². The molecule has 0 aliphatic rings. The van der Waals surface area contributed by atoms with Crippen molar-refractivity contribution in [1.29, 1.82) is 0 Å². The third kappa shape index (κ3) is 4.21. The molecule has 0 spiro atoms. The fourth-order valence-corrected chi connectivity index (χ4v) is 2.16. The number of benzene rings is 1. The first-order chi connectivity index (χ1) is 8.84. The predicted octanol–water partition coefficient (Wildman–Crippen LogP) is 3.19. The van der Waals surface area contributed by atoms with Gasteiger partial charge in [0.1, 0.15) is 0 Å². The number of hydrogen-bond donors (Lipinski definition) is 2. The molecule has 1 aromatic rings. The number of nitrogens with one attached hydrogen (secondary N) is 1. The van der Waals surface area contributed by atoms with E-state index in [4.69, 9.17) is 16.7 Å². The lowest BCUT2D eigenvalue weighted by atomic mass is 9.96. The zero-order chi connectivity index (χ0) is 14.6. The first-order valence-electron chi connectivity index (χ1n) is 5.79. The number of amides is 1. The molecule has 1 rings (SSSR count). The van der Waals surface area contributed by atoms with Gasteiger partial charge in [-0.1, -0.05) is 31.5 Å². The van der Waals surface area contributed by atoms with E-state index in [1.807, 2.05) is 0 Å². The minimum atomic E-state index is -0.921. The molecule has 19 heavy (non-hydrogen) atoms. The maximum Gasteiger partial charge on any atom is 0.308 e. The summed E-state index contributed by atoms with van der Waals surface area (Å²) < 4.78 is 0.625. The van der Waals surface area contributed by atoms with Crippen LogP contribution >= 0.6 is 27.5 Å². The summed E-state index contributed by atoms with van der Waals surface area (Å²) in [4.78, 5) is 23.0. The highest BCUT2D eigenvalue weighted by Gasteiger charge is 2.22. The molecule has 0 radical (unpaired) electrons. The first-order valence-corrected chi connectivity index (χ1v) is 6.96. The van der Waals surface area contributed by atoms with Crippen molar-refractivity contribution < 1.29 is 14.7 Å². The van der Waals surface area contributed by atoms with Gasteiger partial charge in [0.05, 0.1) is 16.5 Å². The molecule has 104 valence electrons. The van der Waals surface area contributed by atoms with Gasteiger partial charge in [-0.25, -0.2) is 0 Å². The second kappa shape index (κ2) is 6.91. The van der Waals surface area contributed by atoms with Gasteiger partial charge in [0, 0.05) is 11.0 Å². The van der Waals surface area contributed by atoms with E-state index in [2.05, 4.69) is 21.2 Å². The molecule has 0 heterocycles. The van der Waals surface area contributed by atoms with Crippen LogP contribution in [0.25, 0.3) is 0 Å². The van der Waals surface area contributed by atoms with Gasteiger partial charge in [0.25, 0.3) is 5.91 Å². The molecule has 0 bridgehead atoms. The SMILES string of the molecule is CC(C)C(CNC(=O)c1cccc(Br)c1Cl)C(=O)O. The van der Waals surface area contributed by atoms with Crippen molar-refractivity contribution in [3.63, 3.8) is 0 Å². The molecule has 0 fully saturated rings. The van der Waals surface area contributed by atoms with Crippen molar-refractivity contribution in [3.8, 4) is 0 Å². The smallest absolute Gasteiger partial charge is 0.308 e. The molecule has 1 amide bonds. The van der Waals surface area contributed by atoms with Crippen LogP contribution in [0.15, 0.2) is 22.7 Å². The number of carboxylic acid groups (broad SMARTS) is 1. The Hall–Kier alpha value is -1.07. The lowest BCUT2D eigenvalue weighted by molar-refractivity contribution is -0.142. The monoisotopic (exact) mass is 347 g/mol. The van der Waals surface area contributed by atoms with Crippen molar-refractivity contribution >= 4 is 39.4 Å². The van der Waals surface area contributed by atoms with Crippen molar-refractivity contribution in [2.75, 3.05) is 6.54 Å². The van der Waals surface area contributed by atoms with Crippen LogP contribution < -0.4 is 5.32 Å². The number of rotatable bonds is 5. The van der Waals surface area contributed by atoms with E-state index in [-0.39, 0.29) is 18.4 Å². The molecular weight excluding hydrogens is 334 g/mol. The molecule has 2 N–H and O–H groups in total. The summed E-state index contributed by atoms with van der Waals surface area (Å²) in [6, 6.07) is 5.02. The highest BCUT2D eigenvalue weighted by Crippen LogP contribution is 2.25. The van der Waals surface area contributed by atoms with Crippen LogP contribution in [0.1, 0.15) is 24.2 Å². The van der Waals surface area contributed by atoms with Crippen LogP contribution in [0.3, 0.4) is 0 Å². The number of halogens is 2. The van der Waals surface area contributed by atoms with Gasteiger partial charge in [0.15, 0.2) is 0 Å². The quantitative estimate of drug-likeness (QED) is 0.859. The van der Waals surface area contributed by atoms with Crippen LogP contribution in [0, 0.1) is 11.8 Å². The summed E-state index contributed by atoms with van der Waals surface area (Å²) in [5.41, 5.74) is 0.323. The van der Waals surface area contributed by atoms with Gasteiger partial charge in [-0.15, -0.1) is 0 Å². The molecule has 0 saturated heterocycles. The van der Waals surface area contributed by atoms with Gasteiger partial charge < -0.3 is 10.4 Å². The average molecular weight is 349 g/mol. The normalized spacial score (nSPS) is 12.3. The van der Waals surface area contributed by atoms with Crippen LogP contribution in [-0.4, -0.2) is 23.5 Å². The standard InChI is InChI=1S/C13H15BrClNO3/c1-7(2)9(13(18)19)6-16-12(17)8-4-3-5-10(14)11(8)15/h3-5,7,9H,6H2,1-2H3,(H,16,17)(H,18,19). The van der Waals surface area contributed by atoms with Gasteiger partial charge in [0.2, 0.25) is 0 Å². The predicted molar refractivity (Wildman–Crippen MR) is 77.4 cm³/mol.